The summed E-state index contributed by atoms with van der Waals surface area (Å²) in [5.41, 5.74) is 0.939. The summed E-state index contributed by atoms with van der Waals surface area (Å²) >= 11 is 6.41. The van der Waals surface area contributed by atoms with E-state index in [9.17, 15) is 31.5 Å². The van der Waals surface area contributed by atoms with E-state index >= 15 is 0 Å². The Hall–Kier alpha value is -3.68. The maximum atomic E-state index is 13.2. The third-order valence-electron chi connectivity index (χ3n) is 7.34. The minimum atomic E-state index is -4.29. The third-order valence-corrected chi connectivity index (χ3v) is 7.67. The van der Waals surface area contributed by atoms with Gasteiger partial charge in [-0.2, -0.15) is 18.2 Å². The number of benzene rings is 1. The van der Waals surface area contributed by atoms with Gasteiger partial charge in [0.1, 0.15) is 11.1 Å². The molecule has 1 fully saturated rings. The Labute approximate surface area is 255 Å². The molecule has 0 radical (unpaired) electrons. The largest absolute Gasteiger partial charge is 0.471 e. The van der Waals surface area contributed by atoms with E-state index < -0.39 is 42.5 Å². The fourth-order valence-corrected chi connectivity index (χ4v) is 4.96. The molecule has 2 aromatic heterocycles. The highest BCUT2D eigenvalue weighted by molar-refractivity contribution is 6.33. The molecular weight excluding hydrogens is 611 g/mol. The Morgan fingerprint density at radius 3 is 2.39 bits per heavy atom. The molecule has 15 heteroatoms. The topological polar surface area (TPSA) is 110 Å². The number of anilines is 2. The van der Waals surface area contributed by atoms with Gasteiger partial charge in [0.25, 0.3) is 12.3 Å². The zero-order valence-corrected chi connectivity index (χ0v) is 25.4. The van der Waals surface area contributed by atoms with Crippen LogP contribution in [0, 0.1) is 11.3 Å². The maximum absolute atomic E-state index is 13.2. The van der Waals surface area contributed by atoms with Gasteiger partial charge < -0.3 is 20.7 Å². The van der Waals surface area contributed by atoms with Gasteiger partial charge in [-0.25, -0.2) is 13.8 Å². The molecule has 0 saturated heterocycles. The highest BCUT2D eigenvalue weighted by Gasteiger charge is 2.41. The number of nitrogens with zero attached hydrogens (tertiary/aromatic N) is 3. The highest BCUT2D eigenvalue weighted by Crippen LogP contribution is 2.38. The zero-order chi connectivity index (χ0) is 32.4. The Bertz CT molecular complexity index is 1510. The smallest absolute Gasteiger partial charge is 0.391 e. The summed E-state index contributed by atoms with van der Waals surface area (Å²) in [7, 11) is 1.61. The summed E-state index contributed by atoms with van der Waals surface area (Å²) in [4.78, 5) is 34.3. The van der Waals surface area contributed by atoms with Crippen LogP contribution in [0.2, 0.25) is 5.02 Å². The van der Waals surface area contributed by atoms with Crippen molar-refractivity contribution >= 4 is 46.2 Å². The van der Waals surface area contributed by atoms with Gasteiger partial charge in [0, 0.05) is 25.0 Å². The SMILES string of the molecule is Cn1c(Nc2cc(CNC(=O)C(C)(C)C)ccc2Cl)nc2cc(C(=O)N[C@H]3CC[C@H](C(F)(F)F)CC3)c(OCC(F)F)nc21. The number of hydrogen-bond donors (Lipinski definition) is 3. The van der Waals surface area contributed by atoms with Crippen molar-refractivity contribution in [1.29, 1.82) is 0 Å². The van der Waals surface area contributed by atoms with Gasteiger partial charge >= 0.3 is 6.18 Å². The molecule has 1 saturated carbocycles. The van der Waals surface area contributed by atoms with Crippen molar-refractivity contribution in [3.05, 3.63) is 40.4 Å². The van der Waals surface area contributed by atoms with Gasteiger partial charge in [0.15, 0.2) is 12.3 Å². The molecule has 0 atom stereocenters. The molecule has 4 rings (SSSR count). The highest BCUT2D eigenvalue weighted by atomic mass is 35.5. The van der Waals surface area contributed by atoms with E-state index in [4.69, 9.17) is 16.3 Å². The standard InChI is InChI=1S/C29H34ClF5N6O3/c1-28(2,3)26(43)36-13-15-5-10-19(30)20(11-15)38-27-39-21-12-18(25(44-14-22(31)32)40-23(21)41(27)4)24(42)37-17-8-6-16(7-9-17)29(33,34)35/h5,10-12,16-17,22H,6-9,13-14H2,1-4H3,(H,36,43)(H,37,42)(H,38,39)/t16-,17-. The summed E-state index contributed by atoms with van der Waals surface area (Å²) in [6.07, 6.45) is -7.14. The van der Waals surface area contributed by atoms with Crippen molar-refractivity contribution in [2.24, 2.45) is 18.4 Å². The van der Waals surface area contributed by atoms with Crippen LogP contribution in [0.5, 0.6) is 5.88 Å². The van der Waals surface area contributed by atoms with Crippen LogP contribution in [-0.2, 0) is 18.4 Å². The van der Waals surface area contributed by atoms with Gasteiger partial charge in [-0.05, 0) is 49.4 Å². The van der Waals surface area contributed by atoms with E-state index in [1.807, 2.05) is 0 Å². The van der Waals surface area contributed by atoms with Gasteiger partial charge in [0.05, 0.1) is 16.6 Å². The average Bonchev–Trinajstić information content (AvgIpc) is 3.24. The number of ether oxygens (including phenoxy) is 1. The Morgan fingerprint density at radius 1 is 1.09 bits per heavy atom. The van der Waals surface area contributed by atoms with E-state index in [0.717, 1.165) is 5.56 Å². The molecule has 1 aliphatic carbocycles. The summed E-state index contributed by atoms with van der Waals surface area (Å²) in [5, 5.41) is 9.02. The number of imidazole rings is 1. The lowest BCUT2D eigenvalue weighted by atomic mass is 9.85. The molecule has 3 aromatic rings. The van der Waals surface area contributed by atoms with Crippen molar-refractivity contribution < 1.29 is 36.3 Å². The molecule has 1 aliphatic rings. The molecule has 44 heavy (non-hydrogen) atoms. The van der Waals surface area contributed by atoms with E-state index in [1.165, 1.54) is 10.6 Å². The fourth-order valence-electron chi connectivity index (χ4n) is 4.80. The molecule has 2 amide bonds. The first-order valence-electron chi connectivity index (χ1n) is 14.0. The van der Waals surface area contributed by atoms with Gasteiger partial charge in [-0.15, -0.1) is 0 Å². The first-order valence-corrected chi connectivity index (χ1v) is 14.4. The number of aryl methyl sites for hydroxylation is 1. The van der Waals surface area contributed by atoms with Crippen LogP contribution in [0.15, 0.2) is 24.3 Å². The Balaban J connectivity index is 1.57. The number of fused-ring (bicyclic) bond motifs is 1. The predicted octanol–water partition coefficient (Wildman–Crippen LogP) is 6.52. The number of alkyl halides is 5. The van der Waals surface area contributed by atoms with Crippen LogP contribution >= 0.6 is 11.6 Å². The lowest BCUT2D eigenvalue weighted by Crippen LogP contribution is -2.40. The minimum Gasteiger partial charge on any atom is -0.471 e. The Morgan fingerprint density at radius 2 is 1.77 bits per heavy atom. The second-order valence-corrected chi connectivity index (χ2v) is 12.2. The van der Waals surface area contributed by atoms with Crippen LogP contribution in [-0.4, -0.2) is 51.6 Å². The first-order chi connectivity index (χ1) is 20.5. The summed E-state index contributed by atoms with van der Waals surface area (Å²) in [6, 6.07) is 5.97. The minimum absolute atomic E-state index is 0.121. The molecule has 240 valence electrons. The molecule has 0 aliphatic heterocycles. The summed E-state index contributed by atoms with van der Waals surface area (Å²) in [6.45, 7) is 4.65. The summed E-state index contributed by atoms with van der Waals surface area (Å²) in [5.74, 6) is -2.36. The Kier molecular flexibility index (Phi) is 9.91. The van der Waals surface area contributed by atoms with E-state index in [0.29, 0.717) is 10.7 Å². The van der Waals surface area contributed by atoms with Crippen molar-refractivity contribution in [2.45, 2.75) is 71.6 Å². The van der Waals surface area contributed by atoms with Crippen LogP contribution < -0.4 is 20.7 Å². The predicted molar refractivity (Wildman–Crippen MR) is 155 cm³/mol. The molecule has 0 bridgehead atoms. The van der Waals surface area contributed by atoms with Crippen molar-refractivity contribution in [2.75, 3.05) is 11.9 Å². The van der Waals surface area contributed by atoms with E-state index in [2.05, 4.69) is 25.9 Å². The lowest BCUT2D eigenvalue weighted by Gasteiger charge is -2.30. The number of amides is 2. The first kappa shape index (κ1) is 33.2. The van der Waals surface area contributed by atoms with Crippen molar-refractivity contribution in [1.82, 2.24) is 25.2 Å². The number of halogens is 6. The maximum Gasteiger partial charge on any atom is 0.391 e. The lowest BCUT2D eigenvalue weighted by molar-refractivity contribution is -0.182. The van der Waals surface area contributed by atoms with Crippen LogP contribution in [0.3, 0.4) is 0 Å². The number of carbonyl (C=O) groups is 2. The number of nitrogens with one attached hydrogen (secondary N) is 3. The van der Waals surface area contributed by atoms with Crippen LogP contribution in [0.1, 0.15) is 62.4 Å². The van der Waals surface area contributed by atoms with Gasteiger partial charge in [0.2, 0.25) is 17.7 Å². The number of aromatic nitrogens is 3. The molecule has 1 aromatic carbocycles. The quantitative estimate of drug-likeness (QED) is 0.229. The van der Waals surface area contributed by atoms with E-state index in [1.54, 1.807) is 46.0 Å². The molecule has 9 nitrogen and oxygen atoms in total. The van der Waals surface area contributed by atoms with Gasteiger partial charge in [-0.3, -0.25) is 14.2 Å². The van der Waals surface area contributed by atoms with Crippen molar-refractivity contribution in [3.63, 3.8) is 0 Å². The summed E-state index contributed by atoms with van der Waals surface area (Å²) < 4.78 is 71.9. The van der Waals surface area contributed by atoms with E-state index in [-0.39, 0.29) is 66.7 Å². The molecule has 0 unspecified atom stereocenters. The number of pyridine rings is 1. The second kappa shape index (κ2) is 13.1. The number of hydrogen-bond acceptors (Lipinski definition) is 6. The fraction of sp³-hybridized carbons (Fsp3) is 0.517. The average molecular weight is 645 g/mol. The van der Waals surface area contributed by atoms with Gasteiger partial charge in [-0.1, -0.05) is 38.4 Å². The normalized spacial score (nSPS) is 17.5. The zero-order valence-electron chi connectivity index (χ0n) is 24.6. The van der Waals surface area contributed by atoms with Crippen LogP contribution in [0.4, 0.5) is 33.6 Å². The van der Waals surface area contributed by atoms with Crippen molar-refractivity contribution in [3.8, 4) is 5.88 Å². The molecule has 0 spiro atoms. The molecule has 2 heterocycles. The number of rotatable bonds is 9. The molecular formula is C29H34ClF5N6O3. The van der Waals surface area contributed by atoms with Crippen LogP contribution in [0.25, 0.3) is 11.2 Å². The third kappa shape index (κ3) is 8.07. The second-order valence-electron chi connectivity index (χ2n) is 11.8. The monoisotopic (exact) mass is 644 g/mol. The molecule has 3 N–H and O–H groups in total. The number of carbonyl (C=O) groups excluding carboxylic acids is 2.